The Morgan fingerprint density at radius 1 is 0.472 bits per heavy atom. The summed E-state index contributed by atoms with van der Waals surface area (Å²) in [4.78, 5) is 11.7. The van der Waals surface area contributed by atoms with E-state index in [2.05, 4.69) is 26.0 Å². The minimum atomic E-state index is -0.229. The van der Waals surface area contributed by atoms with Gasteiger partial charge in [-0.15, -0.1) is 0 Å². The average Bonchev–Trinajstić information content (AvgIpc) is 2.88. The fourth-order valence-electron chi connectivity index (χ4n) is 4.53. The van der Waals surface area contributed by atoms with Crippen molar-refractivity contribution in [1.82, 2.24) is 0 Å². The molecule has 0 aliphatic carbocycles. The molecule has 0 aromatic carbocycles. The van der Waals surface area contributed by atoms with Crippen LogP contribution in [0.15, 0.2) is 36.5 Å². The van der Waals surface area contributed by atoms with Crippen molar-refractivity contribution in [1.29, 1.82) is 0 Å². The Hall–Kier alpha value is -1.31. The number of esters is 1. The van der Waals surface area contributed by atoms with Crippen LogP contribution in [0, 0.1) is 0 Å². The number of allylic oxidation sites excluding steroid dienone is 5. The van der Waals surface area contributed by atoms with Crippen LogP contribution in [0.1, 0.15) is 168 Å². The normalized spacial score (nSPS) is 11.9. The van der Waals surface area contributed by atoms with Gasteiger partial charge in [0.2, 0.25) is 0 Å². The van der Waals surface area contributed by atoms with E-state index < -0.39 is 0 Å². The number of unbranched alkanes of at least 4 members (excludes halogenated alkanes) is 22. The molecule has 0 N–H and O–H groups in total. The Morgan fingerprint density at radius 3 is 1.33 bits per heavy atom. The quantitative estimate of drug-likeness (QED) is 0.0460. The summed E-state index contributed by atoms with van der Waals surface area (Å²) in [6.45, 7) is 5.10. The first-order valence-electron chi connectivity index (χ1n) is 16.0. The van der Waals surface area contributed by atoms with Crippen molar-refractivity contribution in [3.63, 3.8) is 0 Å². The Morgan fingerprint density at radius 2 is 0.861 bits per heavy atom. The Kier molecular flexibility index (Phi) is 30.6. The van der Waals surface area contributed by atoms with Gasteiger partial charge in [-0.3, -0.25) is 0 Å². The van der Waals surface area contributed by atoms with Crippen LogP contribution in [0.25, 0.3) is 0 Å². The number of rotatable bonds is 28. The van der Waals surface area contributed by atoms with Crippen molar-refractivity contribution in [2.75, 3.05) is 6.61 Å². The maximum absolute atomic E-state index is 11.7. The molecule has 0 bridgehead atoms. The predicted octanol–water partition coefficient (Wildman–Crippen LogP) is 11.6. The van der Waals surface area contributed by atoms with Gasteiger partial charge in [-0.05, 0) is 19.3 Å². The summed E-state index contributed by atoms with van der Waals surface area (Å²) in [5.41, 5.74) is 0. The van der Waals surface area contributed by atoms with E-state index in [9.17, 15) is 4.79 Å². The lowest BCUT2D eigenvalue weighted by Gasteiger charge is -2.03. The number of carbonyl (C=O) groups excluding carboxylic acids is 1. The molecule has 0 rings (SSSR count). The number of carbonyl (C=O) groups is 1. The molecule has 0 aromatic rings. The minimum absolute atomic E-state index is 0.229. The highest BCUT2D eigenvalue weighted by molar-refractivity contribution is 5.82. The zero-order valence-corrected chi connectivity index (χ0v) is 24.5. The van der Waals surface area contributed by atoms with Crippen molar-refractivity contribution >= 4 is 5.97 Å². The Bertz CT molecular complexity index is 517. The molecule has 210 valence electrons. The molecule has 0 aliphatic heterocycles. The van der Waals surface area contributed by atoms with Gasteiger partial charge in [0.15, 0.2) is 0 Å². The molecule has 0 atom stereocenters. The maximum atomic E-state index is 11.7. The van der Waals surface area contributed by atoms with Crippen molar-refractivity contribution < 1.29 is 9.53 Å². The highest BCUT2D eigenvalue weighted by Gasteiger charge is 1.97. The molecule has 0 amide bonds. The highest BCUT2D eigenvalue weighted by Crippen LogP contribution is 2.13. The van der Waals surface area contributed by atoms with Gasteiger partial charge in [-0.1, -0.05) is 179 Å². The van der Waals surface area contributed by atoms with E-state index in [-0.39, 0.29) is 5.97 Å². The summed E-state index contributed by atoms with van der Waals surface area (Å²) >= 11 is 0. The molecule has 0 radical (unpaired) electrons. The lowest BCUT2D eigenvalue weighted by Crippen LogP contribution is -2.02. The smallest absolute Gasteiger partial charge is 0.330 e. The van der Waals surface area contributed by atoms with Crippen LogP contribution in [0.5, 0.6) is 0 Å². The van der Waals surface area contributed by atoms with Crippen LogP contribution < -0.4 is 0 Å². The largest absolute Gasteiger partial charge is 0.463 e. The summed E-state index contributed by atoms with van der Waals surface area (Å²) in [5.74, 6) is -0.229. The van der Waals surface area contributed by atoms with Crippen LogP contribution in [-0.2, 0) is 9.53 Å². The molecule has 36 heavy (non-hydrogen) atoms. The van der Waals surface area contributed by atoms with Gasteiger partial charge < -0.3 is 4.74 Å². The van der Waals surface area contributed by atoms with E-state index in [1.165, 1.54) is 141 Å². The Balaban J connectivity index is 3.37. The third-order valence-corrected chi connectivity index (χ3v) is 6.92. The van der Waals surface area contributed by atoms with Gasteiger partial charge in [0.25, 0.3) is 0 Å². The van der Waals surface area contributed by atoms with Crippen molar-refractivity contribution in [2.24, 2.45) is 0 Å². The van der Waals surface area contributed by atoms with Crippen LogP contribution in [0.4, 0.5) is 0 Å². The summed E-state index contributed by atoms with van der Waals surface area (Å²) < 4.78 is 5.29. The molecule has 0 heterocycles. The third kappa shape index (κ3) is 30.7. The van der Waals surface area contributed by atoms with Crippen molar-refractivity contribution in [3.8, 4) is 0 Å². The molecule has 0 saturated carbocycles. The molecular weight excluding hydrogens is 440 g/mol. The van der Waals surface area contributed by atoms with E-state index in [1.54, 1.807) is 6.08 Å². The van der Waals surface area contributed by atoms with Crippen LogP contribution in [0.3, 0.4) is 0 Å². The zero-order chi connectivity index (χ0) is 26.2. The maximum Gasteiger partial charge on any atom is 0.330 e. The van der Waals surface area contributed by atoms with E-state index in [1.807, 2.05) is 12.2 Å². The summed E-state index contributed by atoms with van der Waals surface area (Å²) in [5, 5.41) is 0. The monoisotopic (exact) mass is 502 g/mol. The van der Waals surface area contributed by atoms with Crippen LogP contribution in [0.2, 0.25) is 0 Å². The molecule has 0 saturated heterocycles. The molecule has 2 heteroatoms. The summed E-state index contributed by atoms with van der Waals surface area (Å²) in [6, 6.07) is 0. The van der Waals surface area contributed by atoms with Crippen molar-refractivity contribution in [2.45, 2.75) is 168 Å². The van der Waals surface area contributed by atoms with E-state index in [0.29, 0.717) is 6.61 Å². The standard InChI is InChI=1S/C34H62O2/c1-3-5-7-9-11-13-15-17-18-19-20-21-22-24-26-28-30-32-34(35)36-33-31-29-27-25-23-16-14-12-10-8-6-4-2/h22,24,26,28,30,32H,3-21,23,25,27,29,31,33H2,1-2H3. The van der Waals surface area contributed by atoms with E-state index in [4.69, 9.17) is 4.74 Å². The molecule has 0 spiro atoms. The average molecular weight is 503 g/mol. The molecule has 0 unspecified atom stereocenters. The van der Waals surface area contributed by atoms with Gasteiger partial charge in [0.05, 0.1) is 6.61 Å². The fraction of sp³-hybridized carbons (Fsp3) is 0.794. The topological polar surface area (TPSA) is 26.3 Å². The highest BCUT2D eigenvalue weighted by atomic mass is 16.5. The van der Waals surface area contributed by atoms with Gasteiger partial charge in [0, 0.05) is 6.08 Å². The lowest BCUT2D eigenvalue weighted by atomic mass is 10.1. The van der Waals surface area contributed by atoms with E-state index >= 15 is 0 Å². The summed E-state index contributed by atoms with van der Waals surface area (Å²) in [6.07, 6.45) is 43.8. The minimum Gasteiger partial charge on any atom is -0.463 e. The van der Waals surface area contributed by atoms with Gasteiger partial charge in [-0.2, -0.15) is 0 Å². The van der Waals surface area contributed by atoms with Crippen molar-refractivity contribution in [3.05, 3.63) is 36.5 Å². The third-order valence-electron chi connectivity index (χ3n) is 6.92. The number of ether oxygens (including phenoxy) is 1. The second-order valence-corrected chi connectivity index (χ2v) is 10.6. The fourth-order valence-corrected chi connectivity index (χ4v) is 4.53. The SMILES string of the molecule is CCCCCCCCCCCCCC=CC=CC=CC(=O)OCCCCCCCCCCCCCC. The van der Waals surface area contributed by atoms with Gasteiger partial charge in [-0.25, -0.2) is 4.79 Å². The first-order chi connectivity index (χ1) is 17.8. The Labute approximate surface area is 226 Å². The first-order valence-corrected chi connectivity index (χ1v) is 16.0. The number of hydrogen-bond acceptors (Lipinski definition) is 2. The van der Waals surface area contributed by atoms with Crippen LogP contribution in [-0.4, -0.2) is 12.6 Å². The molecule has 0 aromatic heterocycles. The zero-order valence-electron chi connectivity index (χ0n) is 24.5. The van der Waals surface area contributed by atoms with E-state index in [0.717, 1.165) is 19.3 Å². The second-order valence-electron chi connectivity index (χ2n) is 10.6. The lowest BCUT2D eigenvalue weighted by molar-refractivity contribution is -0.137. The van der Waals surface area contributed by atoms with Gasteiger partial charge >= 0.3 is 5.97 Å². The second kappa shape index (κ2) is 31.7. The predicted molar refractivity (Wildman–Crippen MR) is 161 cm³/mol. The molecular formula is C34H62O2. The summed E-state index contributed by atoms with van der Waals surface area (Å²) in [7, 11) is 0. The molecule has 0 fully saturated rings. The number of hydrogen-bond donors (Lipinski definition) is 0. The molecule has 2 nitrogen and oxygen atoms in total. The molecule has 0 aliphatic rings. The van der Waals surface area contributed by atoms with Gasteiger partial charge in [0.1, 0.15) is 0 Å². The van der Waals surface area contributed by atoms with Crippen LogP contribution >= 0.6 is 0 Å². The first kappa shape index (κ1) is 34.7.